The molecule has 1 aromatic heterocycles. The fourth-order valence-electron chi connectivity index (χ4n) is 5.70. The number of ether oxygens (including phenoxy) is 2. The number of esters is 1. The Morgan fingerprint density at radius 3 is 2.94 bits per heavy atom. The minimum absolute atomic E-state index is 0.0566. The molecule has 4 heterocycles. The zero-order valence-electron chi connectivity index (χ0n) is 18.6. The second kappa shape index (κ2) is 8.90. The van der Waals surface area contributed by atoms with Crippen molar-refractivity contribution in [2.75, 3.05) is 19.8 Å². The highest BCUT2D eigenvalue weighted by molar-refractivity contribution is 9.09. The number of nitrogens with zero attached hydrogens (tertiary/aromatic N) is 4. The molecular weight excluding hydrogens is 510 g/mol. The molecule has 5 rings (SSSR count). The molecule has 11 nitrogen and oxygen atoms in total. The lowest BCUT2D eigenvalue weighted by Gasteiger charge is -2.33. The molecule has 3 saturated heterocycles. The first-order valence-electron chi connectivity index (χ1n) is 11.4. The molecule has 2 N–H and O–H groups in total. The van der Waals surface area contributed by atoms with Gasteiger partial charge in [-0.15, -0.1) is 5.10 Å². The van der Waals surface area contributed by atoms with Crippen molar-refractivity contribution in [3.05, 3.63) is 24.3 Å². The van der Waals surface area contributed by atoms with Crippen molar-refractivity contribution in [2.45, 2.75) is 49.0 Å². The monoisotopic (exact) mass is 535 g/mol. The summed E-state index contributed by atoms with van der Waals surface area (Å²) in [6.07, 6.45) is 0.156. The molecule has 0 aliphatic carbocycles. The van der Waals surface area contributed by atoms with Gasteiger partial charge >= 0.3 is 5.97 Å². The summed E-state index contributed by atoms with van der Waals surface area (Å²) in [6.45, 7) is 2.00. The highest BCUT2D eigenvalue weighted by Gasteiger charge is 2.76. The van der Waals surface area contributed by atoms with Gasteiger partial charge in [0.05, 0.1) is 30.1 Å². The number of hydrogen-bond acceptors (Lipinski definition) is 8. The number of carbonyl (C=O) groups is 3. The SMILES string of the molecule is CCOC(=O)[C@H]1[C@H]2C(=O)N(CCCO)C(C(=O)NCn3nnc4ccccc43)C23CC(Br)[C@@H]1O3. The molecule has 0 saturated carbocycles. The van der Waals surface area contributed by atoms with Crippen LogP contribution >= 0.6 is 15.9 Å². The van der Waals surface area contributed by atoms with Gasteiger partial charge in [-0.3, -0.25) is 14.4 Å². The Labute approximate surface area is 203 Å². The molecule has 182 valence electrons. The lowest BCUT2D eigenvalue weighted by Crippen LogP contribution is -2.56. The molecule has 2 aromatic rings. The molecule has 3 aliphatic rings. The average Bonchev–Trinajstić information content (AvgIpc) is 3.53. The quantitative estimate of drug-likeness (QED) is 0.361. The Kier molecular flexibility index (Phi) is 6.07. The first-order valence-corrected chi connectivity index (χ1v) is 12.3. The standard InChI is InChI=1S/C22H26BrN5O6/c1-2-33-21(32)15-16-20(31)27(8-5-9-29)18(22(16)10-12(23)17(15)34-22)19(30)24-11-28-14-7-4-3-6-13(14)25-26-28/h3-4,6-7,12,15-18,29H,2,5,8-11H2,1H3,(H,24,30)/t12?,15-,16-,17-,18?,22?/m0/s1. The molecule has 3 unspecified atom stereocenters. The molecule has 1 aromatic carbocycles. The van der Waals surface area contributed by atoms with Crippen molar-refractivity contribution >= 4 is 44.7 Å². The first kappa shape index (κ1) is 23.2. The van der Waals surface area contributed by atoms with Crippen LogP contribution in [0.3, 0.4) is 0 Å². The number of hydrogen-bond donors (Lipinski definition) is 2. The van der Waals surface area contributed by atoms with Crippen LogP contribution in [0.1, 0.15) is 19.8 Å². The lowest BCUT2D eigenvalue weighted by atomic mass is 9.70. The van der Waals surface area contributed by atoms with Gasteiger partial charge < -0.3 is 24.8 Å². The van der Waals surface area contributed by atoms with Crippen LogP contribution < -0.4 is 5.32 Å². The van der Waals surface area contributed by atoms with Crippen LogP contribution in [0.4, 0.5) is 0 Å². The maximum Gasteiger partial charge on any atom is 0.312 e. The molecule has 6 atom stereocenters. The van der Waals surface area contributed by atoms with Crippen molar-refractivity contribution in [3.63, 3.8) is 0 Å². The summed E-state index contributed by atoms with van der Waals surface area (Å²) in [5.41, 5.74) is 0.310. The summed E-state index contributed by atoms with van der Waals surface area (Å²) in [6, 6.07) is 6.44. The van der Waals surface area contributed by atoms with E-state index < -0.39 is 41.5 Å². The molecule has 12 heteroatoms. The Balaban J connectivity index is 1.45. The zero-order chi connectivity index (χ0) is 24.0. The molecule has 1 spiro atoms. The molecule has 2 amide bonds. The normalized spacial score (nSPS) is 31.8. The minimum atomic E-state index is -1.16. The van der Waals surface area contributed by atoms with Crippen LogP contribution in [-0.2, 0) is 30.5 Å². The summed E-state index contributed by atoms with van der Waals surface area (Å²) in [5.74, 6) is -2.82. The van der Waals surface area contributed by atoms with Crippen molar-refractivity contribution in [1.82, 2.24) is 25.2 Å². The van der Waals surface area contributed by atoms with Gasteiger partial charge in [0, 0.05) is 18.0 Å². The molecule has 3 fully saturated rings. The molecule has 0 radical (unpaired) electrons. The number of benzene rings is 1. The number of fused-ring (bicyclic) bond motifs is 2. The summed E-state index contributed by atoms with van der Waals surface area (Å²) in [4.78, 5) is 41.2. The van der Waals surface area contributed by atoms with E-state index >= 15 is 0 Å². The summed E-state index contributed by atoms with van der Waals surface area (Å²) < 4.78 is 13.2. The second-order valence-corrected chi connectivity index (χ2v) is 9.98. The van der Waals surface area contributed by atoms with E-state index in [0.29, 0.717) is 18.4 Å². The van der Waals surface area contributed by atoms with Gasteiger partial charge in [-0.2, -0.15) is 0 Å². The number of rotatable bonds is 8. The van der Waals surface area contributed by atoms with E-state index in [1.165, 1.54) is 4.90 Å². The van der Waals surface area contributed by atoms with Gasteiger partial charge in [-0.1, -0.05) is 33.3 Å². The largest absolute Gasteiger partial charge is 0.466 e. The van der Waals surface area contributed by atoms with Gasteiger partial charge in [-0.25, -0.2) is 4.68 Å². The highest BCUT2D eigenvalue weighted by atomic mass is 79.9. The number of aliphatic hydroxyl groups is 1. The fraction of sp³-hybridized carbons (Fsp3) is 0.591. The van der Waals surface area contributed by atoms with E-state index in [2.05, 4.69) is 31.6 Å². The van der Waals surface area contributed by atoms with Crippen LogP contribution in [-0.4, -0.2) is 85.1 Å². The van der Waals surface area contributed by atoms with Gasteiger partial charge in [0.25, 0.3) is 0 Å². The third-order valence-corrected chi connectivity index (χ3v) is 7.82. The number of amides is 2. The van der Waals surface area contributed by atoms with Crippen LogP contribution in [0.5, 0.6) is 0 Å². The number of carbonyl (C=O) groups excluding carboxylic acids is 3. The van der Waals surface area contributed by atoms with Crippen LogP contribution in [0.15, 0.2) is 24.3 Å². The Morgan fingerprint density at radius 1 is 1.38 bits per heavy atom. The van der Waals surface area contributed by atoms with E-state index in [4.69, 9.17) is 9.47 Å². The Bertz CT molecular complexity index is 1130. The maximum atomic E-state index is 13.6. The topological polar surface area (TPSA) is 136 Å². The number of aliphatic hydroxyl groups excluding tert-OH is 1. The summed E-state index contributed by atoms with van der Waals surface area (Å²) >= 11 is 3.60. The van der Waals surface area contributed by atoms with E-state index in [1.807, 2.05) is 24.3 Å². The zero-order valence-corrected chi connectivity index (χ0v) is 20.2. The van der Waals surface area contributed by atoms with Crippen LogP contribution in [0.25, 0.3) is 11.0 Å². The van der Waals surface area contributed by atoms with Crippen LogP contribution in [0, 0.1) is 11.8 Å². The number of nitrogens with one attached hydrogen (secondary N) is 1. The number of halogens is 1. The van der Waals surface area contributed by atoms with E-state index in [1.54, 1.807) is 11.6 Å². The molecule has 2 bridgehead atoms. The van der Waals surface area contributed by atoms with E-state index in [9.17, 15) is 19.5 Å². The van der Waals surface area contributed by atoms with Crippen molar-refractivity contribution < 1.29 is 29.0 Å². The molecule has 34 heavy (non-hydrogen) atoms. The number of alkyl halides is 1. The van der Waals surface area contributed by atoms with Gasteiger partial charge in [0.1, 0.15) is 23.8 Å². The molecule has 3 aliphatic heterocycles. The lowest BCUT2D eigenvalue weighted by molar-refractivity contribution is -0.154. The predicted octanol–water partition coefficient (Wildman–Crippen LogP) is 0.199. The van der Waals surface area contributed by atoms with Gasteiger partial charge in [0.15, 0.2) is 0 Å². The smallest absolute Gasteiger partial charge is 0.312 e. The number of para-hydroxylation sites is 1. The van der Waals surface area contributed by atoms with Crippen molar-refractivity contribution in [1.29, 1.82) is 0 Å². The molecular formula is C22H26BrN5O6. The van der Waals surface area contributed by atoms with E-state index in [-0.39, 0.29) is 37.2 Å². The third-order valence-electron chi connectivity index (χ3n) is 6.98. The summed E-state index contributed by atoms with van der Waals surface area (Å²) in [7, 11) is 0. The predicted molar refractivity (Wildman–Crippen MR) is 121 cm³/mol. The van der Waals surface area contributed by atoms with Crippen molar-refractivity contribution in [3.8, 4) is 0 Å². The first-order chi connectivity index (χ1) is 16.4. The van der Waals surface area contributed by atoms with Crippen LogP contribution in [0.2, 0.25) is 0 Å². The maximum absolute atomic E-state index is 13.6. The number of likely N-dealkylation sites (tertiary alicyclic amines) is 1. The van der Waals surface area contributed by atoms with Gasteiger partial charge in [0.2, 0.25) is 11.8 Å². The Morgan fingerprint density at radius 2 is 2.18 bits per heavy atom. The van der Waals surface area contributed by atoms with Crippen molar-refractivity contribution in [2.24, 2.45) is 11.8 Å². The summed E-state index contributed by atoms with van der Waals surface area (Å²) in [5, 5.41) is 20.4. The third kappa shape index (κ3) is 3.42. The van der Waals surface area contributed by atoms with E-state index in [0.717, 1.165) is 5.52 Å². The second-order valence-electron chi connectivity index (χ2n) is 8.80. The fourth-order valence-corrected chi connectivity index (χ4v) is 6.65. The minimum Gasteiger partial charge on any atom is -0.466 e. The number of aromatic nitrogens is 3. The highest BCUT2D eigenvalue weighted by Crippen LogP contribution is 2.60. The van der Waals surface area contributed by atoms with Gasteiger partial charge in [-0.05, 0) is 31.9 Å². The average molecular weight is 536 g/mol. The Hall–Kier alpha value is -2.57.